The molecule has 0 radical (unpaired) electrons. The molecule has 2 nitrogen and oxygen atoms in total. The van der Waals surface area contributed by atoms with Crippen LogP contribution in [0, 0.1) is 11.8 Å². The number of hydrogen-bond donors (Lipinski definition) is 0. The fourth-order valence-corrected chi connectivity index (χ4v) is 2.44. The Balaban J connectivity index is 1.98. The molecular formula is C11H17NO. The van der Waals surface area contributed by atoms with Gasteiger partial charge in [-0.3, -0.25) is 4.79 Å². The third-order valence-electron chi connectivity index (χ3n) is 3.28. The number of fused-ring (bicyclic) bond motifs is 1. The van der Waals surface area contributed by atoms with Crippen molar-refractivity contribution >= 4 is 5.91 Å². The van der Waals surface area contributed by atoms with Crippen LogP contribution in [0.15, 0.2) is 12.2 Å². The van der Waals surface area contributed by atoms with E-state index in [1.807, 2.05) is 11.8 Å². The van der Waals surface area contributed by atoms with E-state index >= 15 is 0 Å². The van der Waals surface area contributed by atoms with E-state index in [0.717, 1.165) is 24.9 Å². The number of carbonyl (C=O) groups is 1. The number of carbonyl (C=O) groups excluding carboxylic acids is 1. The van der Waals surface area contributed by atoms with E-state index in [9.17, 15) is 4.79 Å². The fraction of sp³-hybridized carbons (Fsp3) is 0.727. The quantitative estimate of drug-likeness (QED) is 0.562. The molecule has 2 atom stereocenters. The van der Waals surface area contributed by atoms with Crippen LogP contribution >= 0.6 is 0 Å². The fourth-order valence-electron chi connectivity index (χ4n) is 2.44. The van der Waals surface area contributed by atoms with Crippen molar-refractivity contribution in [3.63, 3.8) is 0 Å². The Morgan fingerprint density at radius 1 is 1.31 bits per heavy atom. The molecule has 0 spiro atoms. The minimum Gasteiger partial charge on any atom is -0.342 e. The minimum atomic E-state index is 0.328. The van der Waals surface area contributed by atoms with Gasteiger partial charge in [0.25, 0.3) is 0 Å². The van der Waals surface area contributed by atoms with Crippen LogP contribution in [-0.4, -0.2) is 23.9 Å². The van der Waals surface area contributed by atoms with Crippen LogP contribution < -0.4 is 0 Å². The molecule has 1 aliphatic carbocycles. The monoisotopic (exact) mass is 179 g/mol. The third-order valence-corrected chi connectivity index (χ3v) is 3.28. The van der Waals surface area contributed by atoms with Gasteiger partial charge in [0.05, 0.1) is 0 Å². The second-order valence-electron chi connectivity index (χ2n) is 4.12. The molecule has 0 aromatic heterocycles. The van der Waals surface area contributed by atoms with Crippen LogP contribution in [0.4, 0.5) is 0 Å². The van der Waals surface area contributed by atoms with Gasteiger partial charge < -0.3 is 4.90 Å². The van der Waals surface area contributed by atoms with Crippen LogP contribution in [0.2, 0.25) is 0 Å². The van der Waals surface area contributed by atoms with E-state index in [4.69, 9.17) is 0 Å². The van der Waals surface area contributed by atoms with E-state index in [0.29, 0.717) is 12.3 Å². The van der Waals surface area contributed by atoms with E-state index in [1.165, 1.54) is 12.8 Å². The summed E-state index contributed by atoms with van der Waals surface area (Å²) < 4.78 is 0. The number of rotatable bonds is 1. The van der Waals surface area contributed by atoms with Crippen LogP contribution in [0.3, 0.4) is 0 Å². The van der Waals surface area contributed by atoms with E-state index in [-0.39, 0.29) is 0 Å². The number of hydrogen-bond acceptors (Lipinski definition) is 1. The lowest BCUT2D eigenvalue weighted by atomic mass is 9.86. The van der Waals surface area contributed by atoms with Gasteiger partial charge in [-0.2, -0.15) is 0 Å². The van der Waals surface area contributed by atoms with Crippen molar-refractivity contribution < 1.29 is 4.79 Å². The first-order valence-corrected chi connectivity index (χ1v) is 5.24. The molecule has 0 aromatic carbocycles. The predicted molar refractivity (Wildman–Crippen MR) is 52.2 cm³/mol. The Morgan fingerprint density at radius 2 is 1.85 bits per heavy atom. The van der Waals surface area contributed by atoms with E-state index in [1.54, 1.807) is 0 Å². The summed E-state index contributed by atoms with van der Waals surface area (Å²) in [6, 6.07) is 0. The molecule has 1 saturated heterocycles. The number of likely N-dealkylation sites (tertiary alicyclic amines) is 1. The van der Waals surface area contributed by atoms with Gasteiger partial charge in [-0.05, 0) is 24.7 Å². The molecule has 0 N–H and O–H groups in total. The lowest BCUT2D eigenvalue weighted by Crippen LogP contribution is -2.27. The summed E-state index contributed by atoms with van der Waals surface area (Å²) in [6.07, 6.45) is 7.55. The summed E-state index contributed by atoms with van der Waals surface area (Å²) in [5, 5.41) is 0. The van der Waals surface area contributed by atoms with Gasteiger partial charge in [-0.1, -0.05) is 19.1 Å². The maximum Gasteiger partial charge on any atom is 0.222 e. The highest BCUT2D eigenvalue weighted by atomic mass is 16.2. The van der Waals surface area contributed by atoms with Gasteiger partial charge in [0.2, 0.25) is 5.91 Å². The largest absolute Gasteiger partial charge is 0.342 e. The number of amides is 1. The van der Waals surface area contributed by atoms with Crippen molar-refractivity contribution in [1.29, 1.82) is 0 Å². The first kappa shape index (κ1) is 8.79. The summed E-state index contributed by atoms with van der Waals surface area (Å²) in [7, 11) is 0. The Hall–Kier alpha value is -0.790. The van der Waals surface area contributed by atoms with E-state index in [2.05, 4.69) is 12.2 Å². The SMILES string of the molecule is CCC(=O)N1CC2CC=CCC2C1. The highest BCUT2D eigenvalue weighted by Crippen LogP contribution is 2.32. The standard InChI is InChI=1S/C11H17NO/c1-2-11(13)12-7-9-5-3-4-6-10(9)8-12/h3-4,9-10H,2,5-8H2,1H3. The summed E-state index contributed by atoms with van der Waals surface area (Å²) in [6.45, 7) is 3.95. The van der Waals surface area contributed by atoms with Gasteiger partial charge in [-0.15, -0.1) is 0 Å². The van der Waals surface area contributed by atoms with Crippen LogP contribution in [-0.2, 0) is 4.79 Å². The maximum absolute atomic E-state index is 11.5. The zero-order chi connectivity index (χ0) is 9.26. The second kappa shape index (κ2) is 3.52. The molecule has 0 bridgehead atoms. The first-order valence-electron chi connectivity index (χ1n) is 5.24. The van der Waals surface area contributed by atoms with Crippen molar-refractivity contribution in [3.05, 3.63) is 12.2 Å². The molecule has 1 fully saturated rings. The van der Waals surface area contributed by atoms with Crippen molar-refractivity contribution in [2.24, 2.45) is 11.8 Å². The zero-order valence-corrected chi connectivity index (χ0v) is 8.20. The lowest BCUT2D eigenvalue weighted by molar-refractivity contribution is -0.130. The Labute approximate surface area is 79.6 Å². The molecule has 72 valence electrons. The minimum absolute atomic E-state index is 0.328. The molecular weight excluding hydrogens is 162 g/mol. The zero-order valence-electron chi connectivity index (χ0n) is 8.20. The average molecular weight is 179 g/mol. The normalized spacial score (nSPS) is 31.9. The molecule has 2 rings (SSSR count). The van der Waals surface area contributed by atoms with Crippen molar-refractivity contribution in [2.45, 2.75) is 26.2 Å². The van der Waals surface area contributed by atoms with Gasteiger partial charge in [0.1, 0.15) is 0 Å². The predicted octanol–water partition coefficient (Wildman–Crippen LogP) is 1.82. The Kier molecular flexibility index (Phi) is 2.38. The van der Waals surface area contributed by atoms with Crippen molar-refractivity contribution in [1.82, 2.24) is 4.90 Å². The molecule has 1 amide bonds. The molecule has 1 heterocycles. The Morgan fingerprint density at radius 3 is 2.31 bits per heavy atom. The number of nitrogens with zero attached hydrogens (tertiary/aromatic N) is 1. The molecule has 1 aliphatic heterocycles. The molecule has 0 saturated carbocycles. The van der Waals surface area contributed by atoms with Crippen LogP contribution in [0.25, 0.3) is 0 Å². The van der Waals surface area contributed by atoms with Gasteiger partial charge in [0, 0.05) is 19.5 Å². The molecule has 13 heavy (non-hydrogen) atoms. The molecule has 2 heteroatoms. The summed E-state index contributed by atoms with van der Waals surface area (Å²) >= 11 is 0. The maximum atomic E-state index is 11.5. The van der Waals surface area contributed by atoms with Gasteiger partial charge in [-0.25, -0.2) is 0 Å². The molecule has 2 unspecified atom stereocenters. The lowest BCUT2D eigenvalue weighted by Gasteiger charge is -2.17. The Bertz CT molecular complexity index is 218. The summed E-state index contributed by atoms with van der Waals surface area (Å²) in [4.78, 5) is 13.5. The van der Waals surface area contributed by atoms with Gasteiger partial charge in [0.15, 0.2) is 0 Å². The number of allylic oxidation sites excluding steroid dienone is 2. The van der Waals surface area contributed by atoms with Crippen molar-refractivity contribution in [2.75, 3.05) is 13.1 Å². The van der Waals surface area contributed by atoms with Gasteiger partial charge >= 0.3 is 0 Å². The molecule has 0 aromatic rings. The highest BCUT2D eigenvalue weighted by Gasteiger charge is 2.34. The summed E-state index contributed by atoms with van der Waals surface area (Å²) in [5.41, 5.74) is 0. The molecule has 2 aliphatic rings. The topological polar surface area (TPSA) is 20.3 Å². The van der Waals surface area contributed by atoms with E-state index < -0.39 is 0 Å². The second-order valence-corrected chi connectivity index (χ2v) is 4.12. The third kappa shape index (κ3) is 1.62. The first-order chi connectivity index (χ1) is 6.31. The van der Waals surface area contributed by atoms with Crippen molar-refractivity contribution in [3.8, 4) is 0 Å². The summed E-state index contributed by atoms with van der Waals surface area (Å²) in [5.74, 6) is 1.83. The van der Waals surface area contributed by atoms with Crippen LogP contribution in [0.5, 0.6) is 0 Å². The smallest absolute Gasteiger partial charge is 0.222 e. The average Bonchev–Trinajstić information content (AvgIpc) is 2.59. The highest BCUT2D eigenvalue weighted by molar-refractivity contribution is 5.76. The van der Waals surface area contributed by atoms with Crippen LogP contribution in [0.1, 0.15) is 26.2 Å².